The van der Waals surface area contributed by atoms with E-state index in [4.69, 9.17) is 9.47 Å². The van der Waals surface area contributed by atoms with E-state index in [0.29, 0.717) is 42.0 Å². The lowest BCUT2D eigenvalue weighted by atomic mass is 10.1. The van der Waals surface area contributed by atoms with Gasteiger partial charge in [0.25, 0.3) is 5.09 Å². The second-order valence-electron chi connectivity index (χ2n) is 8.66. The average Bonchev–Trinajstić information content (AvgIpc) is 2.85. The van der Waals surface area contributed by atoms with Crippen molar-refractivity contribution < 1.29 is 33.8 Å². The largest absolute Gasteiger partial charge is 0.489 e. The van der Waals surface area contributed by atoms with Crippen LogP contribution in [0.4, 0.5) is 5.69 Å². The molecular weight excluding hydrogens is 482 g/mol. The lowest BCUT2D eigenvalue weighted by Crippen LogP contribution is -2.38. The zero-order valence-corrected chi connectivity index (χ0v) is 21.4. The number of ketones is 1. The quantitative estimate of drug-likeness (QED) is 0.156. The molecule has 0 saturated carbocycles. The summed E-state index contributed by atoms with van der Waals surface area (Å²) in [5.41, 5.74) is 1.58. The van der Waals surface area contributed by atoms with Gasteiger partial charge in [-0.1, -0.05) is 32.9 Å². The summed E-state index contributed by atoms with van der Waals surface area (Å²) in [5.74, 6) is -0.671. The Hall–Kier alpha value is -3.99. The van der Waals surface area contributed by atoms with Crippen LogP contribution in [0.2, 0.25) is 0 Å². The second-order valence-corrected chi connectivity index (χ2v) is 8.66. The van der Waals surface area contributed by atoms with Gasteiger partial charge in [-0.2, -0.15) is 0 Å². The summed E-state index contributed by atoms with van der Waals surface area (Å²) in [6.07, 6.45) is 0.395. The summed E-state index contributed by atoms with van der Waals surface area (Å²) in [4.78, 5) is 51.5. The molecule has 2 rings (SSSR count). The maximum absolute atomic E-state index is 12.7. The maximum Gasteiger partial charge on any atom is 0.338 e. The average molecular weight is 516 g/mol. The van der Waals surface area contributed by atoms with Gasteiger partial charge >= 0.3 is 5.97 Å². The topological polar surface area (TPSA) is 146 Å². The van der Waals surface area contributed by atoms with Crippen LogP contribution in [0.1, 0.15) is 66.8 Å². The first kappa shape index (κ1) is 29.2. The van der Waals surface area contributed by atoms with Crippen molar-refractivity contribution in [2.45, 2.75) is 59.3 Å². The zero-order chi connectivity index (χ0) is 27.4. The summed E-state index contributed by atoms with van der Waals surface area (Å²) < 4.78 is 11.5. The molecule has 0 aliphatic rings. The molecule has 0 heterocycles. The Morgan fingerprint density at radius 3 is 2.38 bits per heavy atom. The fourth-order valence-electron chi connectivity index (χ4n) is 3.23. The predicted octanol–water partition coefficient (Wildman–Crippen LogP) is 3.94. The highest BCUT2D eigenvalue weighted by Crippen LogP contribution is 2.24. The first-order chi connectivity index (χ1) is 17.6. The second kappa shape index (κ2) is 14.5. The highest BCUT2D eigenvalue weighted by Gasteiger charge is 2.19. The van der Waals surface area contributed by atoms with E-state index >= 15 is 0 Å². The summed E-state index contributed by atoms with van der Waals surface area (Å²) in [6, 6.07) is 11.0. The fourth-order valence-corrected chi connectivity index (χ4v) is 3.23. The van der Waals surface area contributed by atoms with Crippen LogP contribution >= 0.6 is 0 Å². The van der Waals surface area contributed by atoms with E-state index in [-0.39, 0.29) is 36.5 Å². The van der Waals surface area contributed by atoms with E-state index < -0.39 is 17.2 Å². The minimum absolute atomic E-state index is 0.0258. The van der Waals surface area contributed by atoms with Gasteiger partial charge < -0.3 is 24.9 Å². The summed E-state index contributed by atoms with van der Waals surface area (Å²) in [7, 11) is 0. The molecule has 0 aromatic heterocycles. The Labute approximate surface area is 215 Å². The van der Waals surface area contributed by atoms with Crippen molar-refractivity contribution in [3.8, 4) is 5.75 Å². The highest BCUT2D eigenvalue weighted by atomic mass is 16.9. The van der Waals surface area contributed by atoms with Gasteiger partial charge in [-0.3, -0.25) is 9.59 Å². The molecule has 200 valence electrons. The van der Waals surface area contributed by atoms with Crippen molar-refractivity contribution >= 4 is 23.3 Å². The monoisotopic (exact) mass is 515 g/mol. The standard InChI is InChI=1S/C26H33N3O8/c1-5-6-25(31)28-21-11-12-24(23(13-21)18(4)30)35-16-22(14-27-17(2)3)37-26(32)20-9-7-19(8-10-20)15-36-29(33)34/h7-13,17,22,27H,5-6,14-16H2,1-4H3,(H,28,31). The van der Waals surface area contributed by atoms with Crippen molar-refractivity contribution in [1.82, 2.24) is 5.32 Å². The van der Waals surface area contributed by atoms with Crippen LogP contribution in [-0.4, -0.2) is 48.0 Å². The Morgan fingerprint density at radius 1 is 1.08 bits per heavy atom. The molecule has 0 spiro atoms. The predicted molar refractivity (Wildman–Crippen MR) is 136 cm³/mol. The molecule has 0 fully saturated rings. The van der Waals surface area contributed by atoms with E-state index in [0.717, 1.165) is 0 Å². The van der Waals surface area contributed by atoms with Crippen LogP contribution in [0.5, 0.6) is 5.75 Å². The number of rotatable bonds is 15. The van der Waals surface area contributed by atoms with Crippen LogP contribution in [0.3, 0.4) is 0 Å². The Kier molecular flexibility index (Phi) is 11.5. The normalized spacial score (nSPS) is 11.5. The first-order valence-electron chi connectivity index (χ1n) is 12.0. The van der Waals surface area contributed by atoms with Crippen molar-refractivity contribution in [3.05, 3.63) is 69.3 Å². The molecule has 0 bridgehead atoms. The minimum atomic E-state index is -0.887. The smallest absolute Gasteiger partial charge is 0.338 e. The fraction of sp³-hybridized carbons (Fsp3) is 0.423. The highest BCUT2D eigenvalue weighted by molar-refractivity contribution is 5.99. The molecule has 11 nitrogen and oxygen atoms in total. The van der Waals surface area contributed by atoms with Crippen molar-refractivity contribution in [2.75, 3.05) is 18.5 Å². The number of nitrogens with one attached hydrogen (secondary N) is 2. The van der Waals surface area contributed by atoms with Crippen molar-refractivity contribution in [2.24, 2.45) is 0 Å². The molecule has 37 heavy (non-hydrogen) atoms. The van der Waals surface area contributed by atoms with E-state index in [1.165, 1.54) is 31.2 Å². The van der Waals surface area contributed by atoms with Crippen LogP contribution in [0.25, 0.3) is 0 Å². The van der Waals surface area contributed by atoms with Gasteiger partial charge in [0.1, 0.15) is 25.1 Å². The lowest BCUT2D eigenvalue weighted by Gasteiger charge is -2.21. The Bertz CT molecular complexity index is 1090. The van der Waals surface area contributed by atoms with E-state index in [1.807, 2.05) is 20.8 Å². The van der Waals surface area contributed by atoms with Gasteiger partial charge in [-0.05, 0) is 49.2 Å². The Morgan fingerprint density at radius 2 is 1.78 bits per heavy atom. The third-order valence-electron chi connectivity index (χ3n) is 5.10. The summed E-state index contributed by atoms with van der Waals surface area (Å²) in [6.45, 7) is 7.25. The molecule has 1 unspecified atom stereocenters. The number of nitrogens with zero attached hydrogens (tertiary/aromatic N) is 1. The molecule has 0 aliphatic heterocycles. The molecule has 11 heteroatoms. The number of Topliss-reactive ketones (excluding diaryl/α,β-unsaturated/α-hetero) is 1. The first-order valence-corrected chi connectivity index (χ1v) is 12.0. The number of carbonyl (C=O) groups is 3. The van der Waals surface area contributed by atoms with Crippen LogP contribution in [-0.2, 0) is 21.0 Å². The molecule has 0 saturated heterocycles. The molecule has 0 aliphatic carbocycles. The SMILES string of the molecule is CCCC(=O)Nc1ccc(OCC(CNC(C)C)OC(=O)c2ccc(CO[N+](=O)[O-])cc2)c(C(C)=O)c1. The van der Waals surface area contributed by atoms with Gasteiger partial charge in [-0.15, -0.1) is 10.1 Å². The lowest BCUT2D eigenvalue weighted by molar-refractivity contribution is -0.763. The minimum Gasteiger partial charge on any atom is -0.489 e. The number of hydrogen-bond donors (Lipinski definition) is 2. The van der Waals surface area contributed by atoms with Crippen molar-refractivity contribution in [3.63, 3.8) is 0 Å². The molecule has 2 aromatic carbocycles. The van der Waals surface area contributed by atoms with Gasteiger partial charge in [0.15, 0.2) is 5.78 Å². The molecule has 1 atom stereocenters. The molecule has 1 amide bonds. The van der Waals surface area contributed by atoms with Crippen LogP contribution < -0.4 is 15.4 Å². The van der Waals surface area contributed by atoms with E-state index in [9.17, 15) is 24.5 Å². The zero-order valence-electron chi connectivity index (χ0n) is 21.4. The van der Waals surface area contributed by atoms with Gasteiger partial charge in [0, 0.05) is 24.7 Å². The molecule has 2 N–H and O–H groups in total. The third kappa shape index (κ3) is 10.3. The van der Waals surface area contributed by atoms with E-state index in [2.05, 4.69) is 15.5 Å². The number of anilines is 1. The number of carbonyl (C=O) groups excluding carboxylic acids is 3. The van der Waals surface area contributed by atoms with E-state index in [1.54, 1.807) is 18.2 Å². The van der Waals surface area contributed by atoms with Gasteiger partial charge in [-0.25, -0.2) is 4.79 Å². The summed E-state index contributed by atoms with van der Waals surface area (Å²) >= 11 is 0. The van der Waals surface area contributed by atoms with Crippen LogP contribution in [0.15, 0.2) is 42.5 Å². The van der Waals surface area contributed by atoms with Crippen LogP contribution in [0, 0.1) is 10.1 Å². The number of hydrogen-bond acceptors (Lipinski definition) is 9. The van der Waals surface area contributed by atoms with Crippen molar-refractivity contribution in [1.29, 1.82) is 0 Å². The maximum atomic E-state index is 12.7. The number of amides is 1. The number of ether oxygens (including phenoxy) is 2. The Balaban J connectivity index is 2.10. The third-order valence-corrected chi connectivity index (χ3v) is 5.10. The van der Waals surface area contributed by atoms with Gasteiger partial charge in [0.05, 0.1) is 11.1 Å². The molecular formula is C26H33N3O8. The molecule has 0 radical (unpaired) electrons. The number of esters is 1. The molecule has 2 aromatic rings. The number of benzene rings is 2. The van der Waals surface area contributed by atoms with Gasteiger partial charge in [0.2, 0.25) is 5.91 Å². The summed E-state index contributed by atoms with van der Waals surface area (Å²) in [5, 5.41) is 15.4.